The Bertz CT molecular complexity index is 3570. The normalized spacial score (nSPS) is 13.5. The molecule has 4 atom stereocenters. The fourth-order valence-corrected chi connectivity index (χ4v) is 9.42. The summed E-state index contributed by atoms with van der Waals surface area (Å²) in [4.78, 5) is 13.2. The van der Waals surface area contributed by atoms with E-state index in [-0.39, 0.29) is 0 Å². The number of halogens is 16. The molecule has 466 valence electrons. The van der Waals surface area contributed by atoms with Crippen molar-refractivity contribution in [3.63, 3.8) is 0 Å². The summed E-state index contributed by atoms with van der Waals surface area (Å²) in [6.07, 6.45) is -4.35. The maximum atomic E-state index is 16.8. The number of anilines is 4. The molecular formula is C56H42F16N8O8. The van der Waals surface area contributed by atoms with Crippen LogP contribution in [-0.4, -0.2) is 138 Å². The van der Waals surface area contributed by atoms with E-state index in [4.69, 9.17) is 0 Å². The largest absolute Gasteiger partial charge is 0.394 e. The van der Waals surface area contributed by atoms with Crippen molar-refractivity contribution in [2.45, 2.75) is 24.4 Å². The first-order valence-electron chi connectivity index (χ1n) is 25.5. The number of fused-ring (bicyclic) bond motifs is 8. The molecule has 16 nitrogen and oxygen atoms in total. The second-order valence-electron chi connectivity index (χ2n) is 19.4. The third-order valence-electron chi connectivity index (χ3n) is 13.7. The molecule has 0 aliphatic carbocycles. The fourth-order valence-electron chi connectivity index (χ4n) is 9.42. The van der Waals surface area contributed by atoms with Gasteiger partial charge in [-0.2, -0.15) is 0 Å². The van der Waals surface area contributed by atoms with Crippen LogP contribution in [0.25, 0.3) is 90.9 Å². The minimum Gasteiger partial charge on any atom is -0.394 e. The maximum absolute atomic E-state index is 16.8. The average Bonchev–Trinajstić information content (AvgIpc) is 1.68. The quantitative estimate of drug-likeness (QED) is 0.0252. The highest BCUT2D eigenvalue weighted by molar-refractivity contribution is 6.01. The lowest BCUT2D eigenvalue weighted by atomic mass is 10.0. The van der Waals surface area contributed by atoms with Gasteiger partial charge in [0.15, 0.2) is 93.1 Å². The van der Waals surface area contributed by atoms with E-state index in [1.165, 1.54) is 0 Å². The Morgan fingerprint density at radius 1 is 0.284 bits per heavy atom. The lowest BCUT2D eigenvalue weighted by molar-refractivity contribution is 0.105. The molecule has 2 aliphatic rings. The fraction of sp³-hybridized carbons (Fsp3) is 0.214. The number of H-pyrrole nitrogens is 2. The van der Waals surface area contributed by atoms with Gasteiger partial charge >= 0.3 is 0 Å². The highest BCUT2D eigenvalue weighted by atomic mass is 19.2. The molecule has 0 spiro atoms. The van der Waals surface area contributed by atoms with Crippen LogP contribution in [0.1, 0.15) is 22.8 Å². The van der Waals surface area contributed by atoms with Gasteiger partial charge in [-0.15, -0.1) is 0 Å². The summed E-state index contributed by atoms with van der Waals surface area (Å²) in [6, 6.07) is 2.90. The molecule has 4 aromatic carbocycles. The molecule has 0 saturated carbocycles. The van der Waals surface area contributed by atoms with Crippen molar-refractivity contribution in [1.82, 2.24) is 19.9 Å². The van der Waals surface area contributed by atoms with E-state index >= 15 is 70.2 Å². The number of nitrogens with zero attached hydrogens (tertiary/aromatic N) is 2. The first-order valence-corrected chi connectivity index (χ1v) is 25.5. The van der Waals surface area contributed by atoms with Gasteiger partial charge in [-0.3, -0.25) is 0 Å². The second-order valence-corrected chi connectivity index (χ2v) is 19.4. The zero-order chi connectivity index (χ0) is 64.1. The van der Waals surface area contributed by atoms with Crippen LogP contribution in [0, 0.1) is 93.1 Å². The first-order chi connectivity index (χ1) is 41.8. The highest BCUT2D eigenvalue weighted by Crippen LogP contribution is 2.46. The molecule has 5 heterocycles. The molecule has 0 radical (unpaired) electrons. The number of aliphatic hydroxyl groups excluding tert-OH is 8. The third-order valence-corrected chi connectivity index (χ3v) is 13.7. The van der Waals surface area contributed by atoms with E-state index in [1.807, 2.05) is 21.3 Å². The molecule has 9 rings (SSSR count). The Kier molecular flexibility index (Phi) is 18.5. The Labute approximate surface area is 482 Å². The summed E-state index contributed by atoms with van der Waals surface area (Å²) < 4.78 is 264. The number of hydrogen-bond donors (Lipinski definition) is 14. The van der Waals surface area contributed by atoms with Gasteiger partial charge in [-0.05, 0) is 48.6 Å². The van der Waals surface area contributed by atoms with Crippen molar-refractivity contribution in [3.8, 4) is 44.5 Å². The van der Waals surface area contributed by atoms with Gasteiger partial charge in [0, 0.05) is 70.5 Å². The summed E-state index contributed by atoms with van der Waals surface area (Å²) in [7, 11) is 0. The lowest BCUT2D eigenvalue weighted by Crippen LogP contribution is -2.24. The topological polar surface area (TPSA) is 267 Å². The summed E-state index contributed by atoms with van der Waals surface area (Å²) in [5, 5.41) is 84.0. The number of aliphatic hydroxyl groups is 8. The summed E-state index contributed by atoms with van der Waals surface area (Å²) in [5.74, 6) is -36.5. The molecule has 0 saturated heterocycles. The van der Waals surface area contributed by atoms with Crippen LogP contribution in [0.3, 0.4) is 0 Å². The Morgan fingerprint density at radius 2 is 0.455 bits per heavy atom. The van der Waals surface area contributed by atoms with Gasteiger partial charge in [0.1, 0.15) is 22.7 Å². The minimum atomic E-state index is -2.32. The number of rotatable bonds is 20. The van der Waals surface area contributed by atoms with Crippen molar-refractivity contribution in [2.75, 3.05) is 73.9 Å². The van der Waals surface area contributed by atoms with Crippen LogP contribution < -0.4 is 21.3 Å². The average molecular weight is 1260 g/mol. The van der Waals surface area contributed by atoms with E-state index in [1.54, 1.807) is 0 Å². The van der Waals surface area contributed by atoms with Crippen molar-refractivity contribution < 1.29 is 111 Å². The predicted octanol–water partition coefficient (Wildman–Crippen LogP) is 8.61. The number of nitrogens with one attached hydrogen (secondary N) is 6. The molecule has 32 heteroatoms. The summed E-state index contributed by atoms with van der Waals surface area (Å²) in [6.45, 7) is -7.88. The maximum Gasteiger partial charge on any atom is 0.185 e. The minimum absolute atomic E-state index is 0.697. The Hall–Kier alpha value is -8.76. The van der Waals surface area contributed by atoms with Gasteiger partial charge in [0.2, 0.25) is 0 Å². The molecule has 2 aliphatic heterocycles. The van der Waals surface area contributed by atoms with E-state index in [2.05, 4.69) is 19.9 Å². The zero-order valence-electron chi connectivity index (χ0n) is 44.1. The summed E-state index contributed by atoms with van der Waals surface area (Å²) >= 11 is 0. The zero-order valence-corrected chi connectivity index (χ0v) is 44.1. The predicted molar refractivity (Wildman–Crippen MR) is 286 cm³/mol. The smallest absolute Gasteiger partial charge is 0.185 e. The highest BCUT2D eigenvalue weighted by Gasteiger charge is 2.36. The van der Waals surface area contributed by atoms with Gasteiger partial charge in [0.05, 0.1) is 95.9 Å². The van der Waals surface area contributed by atoms with E-state index in [0.29, 0.717) is 24.3 Å². The number of hydrogen-bond acceptors (Lipinski definition) is 14. The van der Waals surface area contributed by atoms with Gasteiger partial charge in [-0.25, -0.2) is 80.2 Å². The van der Waals surface area contributed by atoms with Gasteiger partial charge in [-0.1, -0.05) is 0 Å². The van der Waals surface area contributed by atoms with Crippen LogP contribution in [0.4, 0.5) is 93.0 Å². The molecule has 0 unspecified atom stereocenters. The van der Waals surface area contributed by atoms with E-state index in [9.17, 15) is 40.9 Å². The molecule has 14 N–H and O–H groups in total. The molecule has 8 bridgehead atoms. The first kappa shape index (κ1) is 63.7. The molecule has 7 aromatic rings. The number of benzene rings is 4. The molecule has 0 fully saturated rings. The molecule has 88 heavy (non-hydrogen) atoms. The van der Waals surface area contributed by atoms with Gasteiger partial charge in [0.25, 0.3) is 0 Å². The van der Waals surface area contributed by atoms with Crippen LogP contribution in [0.5, 0.6) is 0 Å². The van der Waals surface area contributed by atoms with Crippen LogP contribution in [-0.2, 0) is 0 Å². The van der Waals surface area contributed by atoms with Gasteiger partial charge < -0.3 is 72.1 Å². The lowest BCUT2D eigenvalue weighted by Gasteiger charge is -2.16. The van der Waals surface area contributed by atoms with E-state index in [0.717, 1.165) is 24.3 Å². The number of aromatic amines is 2. The molecule has 3 aromatic heterocycles. The molecule has 0 amide bonds. The van der Waals surface area contributed by atoms with Crippen LogP contribution in [0.15, 0.2) is 24.3 Å². The third kappa shape index (κ3) is 11.3. The number of aromatic nitrogens is 4. The van der Waals surface area contributed by atoms with Crippen molar-refractivity contribution >= 4 is 69.1 Å². The van der Waals surface area contributed by atoms with Crippen LogP contribution in [0.2, 0.25) is 0 Å². The van der Waals surface area contributed by atoms with Crippen molar-refractivity contribution in [2.24, 2.45) is 0 Å². The van der Waals surface area contributed by atoms with Crippen LogP contribution >= 0.6 is 0 Å². The van der Waals surface area contributed by atoms with Crippen molar-refractivity contribution in [1.29, 1.82) is 0 Å². The molecular weight excluding hydrogens is 1220 g/mol. The summed E-state index contributed by atoms with van der Waals surface area (Å²) in [5.41, 5.74) is -25.3. The van der Waals surface area contributed by atoms with E-state index < -0.39 is 282 Å². The standard InChI is InChI=1S/C56H42F16N8O8/c57-37-33(38(58)46(66)53(45(37)65)73-9-17(85)13-81)29-21-1-2-22(77-21)30(34-39(59)47(67)54(48(68)40(34)60)74-10-18(86)14-82)24-5-6-26(79-24)32(36-43(63)51(71)56(52(72)44(36)64)76-12-20(88)16-84)28-8-7-27(80-28)31(25-4-3-23(29)78-25)35-41(61)49(69)55(50(70)42(35)62)75-11-19(87)15-83/h1-8,17-20,73-77,80-88H,9-16H2/t17-,18-,19-,20-/m1/s1. The van der Waals surface area contributed by atoms with Crippen molar-refractivity contribution in [3.05, 3.63) is 140 Å². The Morgan fingerprint density at radius 3 is 0.614 bits per heavy atom. The Balaban J connectivity index is 1.51. The second kappa shape index (κ2) is 25.5. The SMILES string of the molecule is OC[C@H](O)CNc1c(F)c(F)c(-c2c3nc(c(-c4c(F)c(F)c(NC[C@@H](O)CO)c(F)c4F)c4ccc([nH]4)c(-c4c(F)c(F)c(NC[C@@H](O)CO)c(F)c4F)c4nc(c(-c5c(F)c(F)c(NC[C@@H](O)CO)c(F)c5F)c5ccc2[nH]5)C=C4)C=C3)c(F)c1F. The monoisotopic (exact) mass is 1260 g/mol.